The van der Waals surface area contributed by atoms with Crippen LogP contribution < -0.4 is 15.4 Å². The Morgan fingerprint density at radius 3 is 2.52 bits per heavy atom. The number of imidazole rings is 1. The van der Waals surface area contributed by atoms with E-state index in [2.05, 4.69) is 20.6 Å². The number of carbonyl (C=O) groups excluding carboxylic acids is 1. The Kier molecular flexibility index (Phi) is 5.35. The van der Waals surface area contributed by atoms with E-state index < -0.39 is 5.60 Å². The van der Waals surface area contributed by atoms with Gasteiger partial charge in [0.05, 0.1) is 32.3 Å². The number of pyridine rings is 1. The lowest BCUT2D eigenvalue weighted by molar-refractivity contribution is 0.101. The van der Waals surface area contributed by atoms with Gasteiger partial charge in [-0.15, -0.1) is 0 Å². The van der Waals surface area contributed by atoms with Crippen LogP contribution in [0.25, 0.3) is 11.0 Å². The van der Waals surface area contributed by atoms with Gasteiger partial charge in [0, 0.05) is 35.1 Å². The van der Waals surface area contributed by atoms with E-state index in [0.29, 0.717) is 61.2 Å². The van der Waals surface area contributed by atoms with Gasteiger partial charge in [-0.1, -0.05) is 34.8 Å². The molecule has 0 saturated carbocycles. The molecule has 1 aliphatic rings. The fourth-order valence-electron chi connectivity index (χ4n) is 3.83. The molecule has 2 aromatic carbocycles. The van der Waals surface area contributed by atoms with E-state index in [1.54, 1.807) is 30.3 Å². The number of hydrogen-bond donors (Lipinski definition) is 3. The minimum Gasteiger partial charge on any atom is -0.486 e. The minimum atomic E-state index is -0.476. The van der Waals surface area contributed by atoms with E-state index in [1.165, 1.54) is 12.4 Å². The molecule has 0 unspecified atom stereocenters. The van der Waals surface area contributed by atoms with Gasteiger partial charge in [-0.3, -0.25) is 9.78 Å². The highest BCUT2D eigenvalue weighted by atomic mass is 35.5. The number of benzene rings is 2. The number of nitrogens with one attached hydrogen (secondary N) is 3. The number of aromatic amines is 1. The maximum Gasteiger partial charge on any atom is 0.259 e. The number of rotatable bonds is 4. The van der Waals surface area contributed by atoms with Crippen LogP contribution in [-0.4, -0.2) is 26.5 Å². The molecule has 1 aliphatic heterocycles. The predicted octanol–water partition coefficient (Wildman–Crippen LogP) is 6.63. The van der Waals surface area contributed by atoms with Gasteiger partial charge in [-0.2, -0.15) is 0 Å². The van der Waals surface area contributed by atoms with E-state index in [0.717, 1.165) is 5.56 Å². The van der Waals surface area contributed by atoms with Crippen LogP contribution >= 0.6 is 34.8 Å². The first-order valence-corrected chi connectivity index (χ1v) is 11.2. The van der Waals surface area contributed by atoms with E-state index in [-0.39, 0.29) is 5.91 Å². The fourth-order valence-corrected chi connectivity index (χ4v) is 4.41. The monoisotopic (exact) mass is 501 g/mol. The van der Waals surface area contributed by atoms with E-state index in [1.807, 2.05) is 13.8 Å². The number of halogens is 3. The molecule has 33 heavy (non-hydrogen) atoms. The number of carbonyl (C=O) groups is 1. The molecule has 0 radical (unpaired) electrons. The second-order valence-corrected chi connectivity index (χ2v) is 9.57. The van der Waals surface area contributed by atoms with Gasteiger partial charge in [0.1, 0.15) is 11.4 Å². The third kappa shape index (κ3) is 4.19. The fraction of sp³-hybridized carbons (Fsp3) is 0.174. The van der Waals surface area contributed by atoms with Crippen LogP contribution in [0.15, 0.2) is 42.7 Å². The number of anilines is 3. The normalized spacial score (nSPS) is 14.1. The third-order valence-corrected chi connectivity index (χ3v) is 6.07. The summed E-state index contributed by atoms with van der Waals surface area (Å²) in [7, 11) is 0. The molecule has 3 heterocycles. The second-order valence-electron chi connectivity index (χ2n) is 8.32. The Hall–Kier alpha value is -3.00. The molecule has 0 spiro atoms. The molecule has 0 atom stereocenters. The highest BCUT2D eigenvalue weighted by Gasteiger charge is 2.36. The van der Waals surface area contributed by atoms with Crippen LogP contribution in [0.1, 0.15) is 29.8 Å². The number of amides is 1. The quantitative estimate of drug-likeness (QED) is 0.291. The van der Waals surface area contributed by atoms with Crippen LogP contribution in [-0.2, 0) is 6.42 Å². The first-order valence-electron chi connectivity index (χ1n) is 10.1. The van der Waals surface area contributed by atoms with E-state index in [4.69, 9.17) is 44.5 Å². The molecule has 3 N–H and O–H groups in total. The Labute approximate surface area is 204 Å². The summed E-state index contributed by atoms with van der Waals surface area (Å²) in [5.74, 6) is 0.664. The summed E-state index contributed by atoms with van der Waals surface area (Å²) in [4.78, 5) is 25.0. The molecule has 0 bridgehead atoms. The number of hydrogen-bond acceptors (Lipinski definition) is 5. The van der Waals surface area contributed by atoms with Crippen molar-refractivity contribution in [1.82, 2.24) is 15.0 Å². The van der Waals surface area contributed by atoms with Gasteiger partial charge < -0.3 is 20.4 Å². The Bertz CT molecular complexity index is 1380. The topological polar surface area (TPSA) is 91.9 Å². The van der Waals surface area contributed by atoms with Crippen molar-refractivity contribution in [3.05, 3.63) is 68.9 Å². The van der Waals surface area contributed by atoms with E-state index >= 15 is 0 Å². The zero-order chi connectivity index (χ0) is 23.3. The lowest BCUT2D eigenvalue weighted by atomic mass is 9.98. The molecular weight excluding hydrogens is 485 g/mol. The summed E-state index contributed by atoms with van der Waals surface area (Å²) in [6.45, 7) is 3.95. The van der Waals surface area contributed by atoms with Crippen molar-refractivity contribution >= 4 is 69.1 Å². The maximum atomic E-state index is 13.2. The first-order chi connectivity index (χ1) is 15.7. The third-order valence-electron chi connectivity index (χ3n) is 5.25. The summed E-state index contributed by atoms with van der Waals surface area (Å²) in [6.07, 6.45) is 3.58. The van der Waals surface area contributed by atoms with Crippen molar-refractivity contribution < 1.29 is 9.53 Å². The Balaban J connectivity index is 1.56. The van der Waals surface area contributed by atoms with Crippen molar-refractivity contribution in [2.24, 2.45) is 0 Å². The predicted molar refractivity (Wildman–Crippen MR) is 131 cm³/mol. The molecule has 1 amide bonds. The van der Waals surface area contributed by atoms with Crippen LogP contribution in [0.2, 0.25) is 15.1 Å². The molecule has 2 aromatic heterocycles. The van der Waals surface area contributed by atoms with Gasteiger partial charge in [-0.25, -0.2) is 4.98 Å². The summed E-state index contributed by atoms with van der Waals surface area (Å²) < 4.78 is 6.17. The van der Waals surface area contributed by atoms with Gasteiger partial charge in [0.25, 0.3) is 5.91 Å². The lowest BCUT2D eigenvalue weighted by Crippen LogP contribution is -2.25. The van der Waals surface area contributed by atoms with Crippen molar-refractivity contribution in [3.8, 4) is 5.75 Å². The first kappa shape index (κ1) is 21.8. The number of H-pyrrole nitrogens is 1. The second kappa shape index (κ2) is 8.09. The van der Waals surface area contributed by atoms with Gasteiger partial charge in [0.2, 0.25) is 5.95 Å². The molecule has 4 aromatic rings. The molecule has 0 aliphatic carbocycles. The number of nitrogens with zero attached hydrogens (tertiary/aromatic N) is 2. The number of aromatic nitrogens is 3. The Morgan fingerprint density at radius 2 is 1.82 bits per heavy atom. The number of ether oxygens (including phenoxy) is 1. The average molecular weight is 503 g/mol. The van der Waals surface area contributed by atoms with Crippen molar-refractivity contribution in [2.45, 2.75) is 25.9 Å². The van der Waals surface area contributed by atoms with Crippen molar-refractivity contribution in [2.75, 3.05) is 10.6 Å². The molecule has 7 nitrogen and oxygen atoms in total. The van der Waals surface area contributed by atoms with E-state index in [9.17, 15) is 4.79 Å². The maximum absolute atomic E-state index is 13.2. The van der Waals surface area contributed by atoms with Crippen LogP contribution in [0.5, 0.6) is 5.75 Å². The lowest BCUT2D eigenvalue weighted by Gasteiger charge is -2.18. The molecule has 168 valence electrons. The SMILES string of the molecule is CC1(C)Cc2c(c(C(=O)Nc3ccc(Cl)cc3)cc3[nH]c(Nc4c(Cl)cncc4Cl)nc23)O1. The van der Waals surface area contributed by atoms with Gasteiger partial charge in [-0.05, 0) is 44.2 Å². The minimum absolute atomic E-state index is 0.294. The summed E-state index contributed by atoms with van der Waals surface area (Å²) >= 11 is 18.4. The summed E-state index contributed by atoms with van der Waals surface area (Å²) in [5.41, 5.74) is 3.30. The molecule has 0 saturated heterocycles. The number of fused-ring (bicyclic) bond motifs is 3. The standard InChI is InChI=1S/C23H18Cl3N5O2/c1-23(2)8-14-18-17(29-22(30-18)31-19-15(25)9-27-10-16(19)26)7-13(20(14)33-23)21(32)28-12-5-3-11(24)4-6-12/h3-7,9-10H,8H2,1-2H3,(H,28,32)(H2,27,29,30,31). The van der Waals surface area contributed by atoms with Gasteiger partial charge in [0.15, 0.2) is 0 Å². The van der Waals surface area contributed by atoms with Crippen LogP contribution in [0, 0.1) is 0 Å². The highest BCUT2D eigenvalue weighted by molar-refractivity contribution is 6.39. The van der Waals surface area contributed by atoms with Crippen molar-refractivity contribution in [3.63, 3.8) is 0 Å². The molecule has 5 rings (SSSR count). The summed E-state index contributed by atoms with van der Waals surface area (Å²) in [5, 5.41) is 7.32. The zero-order valence-corrected chi connectivity index (χ0v) is 19.9. The Morgan fingerprint density at radius 1 is 1.12 bits per heavy atom. The highest BCUT2D eigenvalue weighted by Crippen LogP contribution is 2.42. The smallest absolute Gasteiger partial charge is 0.259 e. The van der Waals surface area contributed by atoms with Crippen LogP contribution in [0.3, 0.4) is 0 Å². The molecule has 10 heteroatoms. The van der Waals surface area contributed by atoms with Crippen LogP contribution in [0.4, 0.5) is 17.3 Å². The zero-order valence-electron chi connectivity index (χ0n) is 17.6. The average Bonchev–Trinajstić information content (AvgIpc) is 3.31. The van der Waals surface area contributed by atoms with Crippen molar-refractivity contribution in [1.29, 1.82) is 0 Å². The largest absolute Gasteiger partial charge is 0.486 e. The van der Waals surface area contributed by atoms with Gasteiger partial charge >= 0.3 is 0 Å². The molecular formula is C23H18Cl3N5O2. The summed E-state index contributed by atoms with van der Waals surface area (Å²) in [6, 6.07) is 8.64. The molecule has 0 fully saturated rings.